The van der Waals surface area contributed by atoms with Gasteiger partial charge in [0.25, 0.3) is 0 Å². The number of aliphatic hydroxyl groups excluding tert-OH is 1. The van der Waals surface area contributed by atoms with Crippen molar-refractivity contribution in [3.8, 4) is 0 Å². The first kappa shape index (κ1) is 13.5. The smallest absolute Gasteiger partial charge is 0.224 e. The SMILES string of the molecule is [2H]OC(C)C1C=C2C(=O)C(=O)C[C@H]2[C@@H]2CCC3CCCC[C@@H]3[C@@H]12. The second-order valence-corrected chi connectivity index (χ2v) is 7.99. The third-order valence-electron chi connectivity index (χ3n) is 7.02. The fourth-order valence-corrected chi connectivity index (χ4v) is 6.14. The summed E-state index contributed by atoms with van der Waals surface area (Å²) in [6.45, 7) is 1.94. The highest BCUT2D eigenvalue weighted by atomic mass is 16.3. The molecule has 0 aromatic rings. The quantitative estimate of drug-likeness (QED) is 0.798. The minimum absolute atomic E-state index is 0.115. The Morgan fingerprint density at radius 1 is 1.18 bits per heavy atom. The molecular weight excluding hydrogens is 276 g/mol. The van der Waals surface area contributed by atoms with Crippen molar-refractivity contribution < 1.29 is 14.7 Å². The molecule has 4 aliphatic rings. The van der Waals surface area contributed by atoms with E-state index in [9.17, 15) is 9.59 Å². The van der Waals surface area contributed by atoms with Gasteiger partial charge < -0.3 is 5.11 Å². The molecule has 0 aromatic heterocycles. The molecule has 3 heteroatoms. The van der Waals surface area contributed by atoms with Crippen molar-refractivity contribution in [3.05, 3.63) is 11.6 Å². The van der Waals surface area contributed by atoms with Crippen LogP contribution in [0.25, 0.3) is 0 Å². The van der Waals surface area contributed by atoms with Gasteiger partial charge in [0.15, 0.2) is 0 Å². The van der Waals surface area contributed by atoms with Crippen LogP contribution in [-0.2, 0) is 9.59 Å². The van der Waals surface area contributed by atoms with Crippen LogP contribution in [0, 0.1) is 35.5 Å². The lowest BCUT2D eigenvalue weighted by Gasteiger charge is -2.52. The van der Waals surface area contributed by atoms with Crippen LogP contribution in [0.5, 0.6) is 0 Å². The third-order valence-corrected chi connectivity index (χ3v) is 7.02. The summed E-state index contributed by atoms with van der Waals surface area (Å²) in [5, 5.41) is 4.94. The minimum Gasteiger partial charge on any atom is -0.393 e. The van der Waals surface area contributed by atoms with Gasteiger partial charge in [0.1, 0.15) is 0 Å². The maximum absolute atomic E-state index is 12.2. The number of hydrogen-bond donors (Lipinski definition) is 1. The molecule has 0 bridgehead atoms. The Bertz CT molecular complexity index is 555. The zero-order chi connectivity index (χ0) is 16.1. The molecular formula is C19H26O3. The first-order valence-corrected chi connectivity index (χ1v) is 9.03. The van der Waals surface area contributed by atoms with Crippen LogP contribution in [0.4, 0.5) is 0 Å². The van der Waals surface area contributed by atoms with Gasteiger partial charge >= 0.3 is 0 Å². The van der Waals surface area contributed by atoms with E-state index in [1.807, 2.05) is 13.0 Å². The van der Waals surface area contributed by atoms with E-state index in [2.05, 4.69) is 0 Å². The molecule has 3 unspecified atom stereocenters. The molecule has 3 saturated carbocycles. The largest absolute Gasteiger partial charge is 0.393 e. The molecule has 22 heavy (non-hydrogen) atoms. The zero-order valence-corrected chi connectivity index (χ0v) is 13.3. The van der Waals surface area contributed by atoms with Gasteiger partial charge in [0.2, 0.25) is 13.0 Å². The van der Waals surface area contributed by atoms with Crippen LogP contribution in [-0.4, -0.2) is 24.2 Å². The third kappa shape index (κ3) is 2.05. The number of hydrogen-bond acceptors (Lipinski definition) is 3. The standard InChI is InChI=1S/C19H26O3/c1-10(20)14-8-16-15(9-17(21)19(16)22)13-7-6-11-4-2-3-5-12(11)18(13)14/h8,10-15,18,20H,2-7,9H2,1H3/t10?,11?,12-,13-,14?,15-,18+/m0/s1/i20D. The fraction of sp³-hybridized carbons (Fsp3) is 0.789. The van der Waals surface area contributed by atoms with E-state index in [1.54, 1.807) is 0 Å². The van der Waals surface area contributed by atoms with Crippen LogP contribution in [0.3, 0.4) is 0 Å². The summed E-state index contributed by atoms with van der Waals surface area (Å²) in [5.74, 6) is 2.21. The lowest BCUT2D eigenvalue weighted by Crippen LogP contribution is -2.47. The van der Waals surface area contributed by atoms with Crippen molar-refractivity contribution >= 4 is 11.6 Å². The van der Waals surface area contributed by atoms with Crippen molar-refractivity contribution in [3.63, 3.8) is 0 Å². The van der Waals surface area contributed by atoms with Crippen LogP contribution in [0.2, 0.25) is 0 Å². The number of carbonyl (C=O) groups excluding carboxylic acids is 2. The second kappa shape index (κ2) is 5.30. The molecule has 3 nitrogen and oxygen atoms in total. The van der Waals surface area contributed by atoms with Crippen molar-refractivity contribution in [2.24, 2.45) is 35.5 Å². The molecule has 1 N–H and O–H groups in total. The predicted molar refractivity (Wildman–Crippen MR) is 83.0 cm³/mol. The molecule has 0 amide bonds. The average molecular weight is 303 g/mol. The van der Waals surface area contributed by atoms with Gasteiger partial charge in [0.05, 0.1) is 6.10 Å². The first-order chi connectivity index (χ1) is 11.1. The van der Waals surface area contributed by atoms with E-state index < -0.39 is 0 Å². The minimum atomic E-state index is -0.263. The topological polar surface area (TPSA) is 54.4 Å². The number of rotatable bonds is 2. The summed E-state index contributed by atoms with van der Waals surface area (Å²) in [4.78, 5) is 24.2. The van der Waals surface area contributed by atoms with Crippen molar-refractivity contribution in [1.29, 1.82) is 1.43 Å². The Morgan fingerprint density at radius 2 is 2.00 bits per heavy atom. The van der Waals surface area contributed by atoms with E-state index in [4.69, 9.17) is 6.54 Å². The van der Waals surface area contributed by atoms with Gasteiger partial charge in [-0.2, -0.15) is 0 Å². The Balaban J connectivity index is 1.74. The summed E-state index contributed by atoms with van der Waals surface area (Å²) < 4.78 is 7.38. The van der Waals surface area contributed by atoms with E-state index in [0.29, 0.717) is 24.2 Å². The lowest BCUT2D eigenvalue weighted by molar-refractivity contribution is -0.132. The number of aliphatic hydroxyl groups is 1. The van der Waals surface area contributed by atoms with E-state index in [0.717, 1.165) is 17.9 Å². The zero-order valence-electron chi connectivity index (χ0n) is 14.3. The molecule has 0 spiro atoms. The molecule has 0 saturated heterocycles. The number of Topliss-reactive ketones (excluding diaryl/α,β-unsaturated/α-hetero) is 2. The second-order valence-electron chi connectivity index (χ2n) is 7.99. The van der Waals surface area contributed by atoms with Crippen LogP contribution in [0.15, 0.2) is 11.6 Å². The van der Waals surface area contributed by atoms with Gasteiger partial charge in [0, 0.05) is 17.9 Å². The fourth-order valence-electron chi connectivity index (χ4n) is 6.14. The highest BCUT2D eigenvalue weighted by molar-refractivity contribution is 6.46. The maximum atomic E-state index is 12.2. The van der Waals surface area contributed by atoms with Gasteiger partial charge in [-0.1, -0.05) is 25.3 Å². The summed E-state index contributed by atoms with van der Waals surface area (Å²) in [7, 11) is 0. The molecule has 4 aliphatic carbocycles. The summed E-state index contributed by atoms with van der Waals surface area (Å²) in [6, 6.07) is 0. The molecule has 4 rings (SSSR count). The Labute approximate surface area is 133 Å². The van der Waals surface area contributed by atoms with Gasteiger partial charge in [-0.05, 0) is 55.8 Å². The van der Waals surface area contributed by atoms with Gasteiger partial charge in [-0.3, -0.25) is 9.59 Å². The molecule has 3 fully saturated rings. The van der Waals surface area contributed by atoms with Crippen molar-refractivity contribution in [2.75, 3.05) is 0 Å². The monoisotopic (exact) mass is 303 g/mol. The Morgan fingerprint density at radius 3 is 2.82 bits per heavy atom. The van der Waals surface area contributed by atoms with Crippen LogP contribution >= 0.6 is 0 Å². The highest BCUT2D eigenvalue weighted by Crippen LogP contribution is 2.57. The predicted octanol–water partition coefficient (Wildman–Crippen LogP) is 2.91. The van der Waals surface area contributed by atoms with E-state index >= 15 is 0 Å². The molecule has 0 aromatic carbocycles. The summed E-state index contributed by atoms with van der Waals surface area (Å²) in [6.07, 6.45) is 9.88. The number of ketones is 2. The Kier molecular flexibility index (Phi) is 3.24. The van der Waals surface area contributed by atoms with Gasteiger partial charge in [-0.25, -0.2) is 0 Å². The number of allylic oxidation sites excluding steroid dienone is 1. The number of fused-ring (bicyclic) bond motifs is 5. The summed E-state index contributed by atoms with van der Waals surface area (Å²) >= 11 is 0. The molecule has 0 heterocycles. The van der Waals surface area contributed by atoms with E-state index in [1.165, 1.54) is 32.1 Å². The van der Waals surface area contributed by atoms with Crippen LogP contribution in [0.1, 0.15) is 51.9 Å². The molecule has 7 atom stereocenters. The molecule has 120 valence electrons. The Hall–Kier alpha value is -0.960. The average Bonchev–Trinajstić information content (AvgIpc) is 2.88. The van der Waals surface area contributed by atoms with E-state index in [-0.39, 0.29) is 29.5 Å². The first-order valence-electron chi connectivity index (χ1n) is 9.44. The van der Waals surface area contributed by atoms with Gasteiger partial charge in [-0.15, -0.1) is 0 Å². The lowest BCUT2D eigenvalue weighted by atomic mass is 9.52. The highest BCUT2D eigenvalue weighted by Gasteiger charge is 2.53. The van der Waals surface area contributed by atoms with Crippen molar-refractivity contribution in [1.82, 2.24) is 0 Å². The normalized spacial score (nSPS) is 46.2. The number of carbonyl (C=O) groups is 2. The maximum Gasteiger partial charge on any atom is 0.224 e. The molecule has 0 radical (unpaired) electrons. The molecule has 0 aliphatic heterocycles. The van der Waals surface area contributed by atoms with Crippen molar-refractivity contribution in [2.45, 2.75) is 58.0 Å². The van der Waals surface area contributed by atoms with Crippen LogP contribution < -0.4 is 0 Å². The summed E-state index contributed by atoms with van der Waals surface area (Å²) in [5.41, 5.74) is 0.749.